The summed E-state index contributed by atoms with van der Waals surface area (Å²) in [5, 5.41) is 13.9. The number of piperidine rings is 1. The molecule has 100 valence electrons. The van der Waals surface area contributed by atoms with Crippen LogP contribution in [0, 0.1) is 5.92 Å². The second kappa shape index (κ2) is 7.10. The summed E-state index contributed by atoms with van der Waals surface area (Å²) in [6, 6.07) is 0. The lowest BCUT2D eigenvalue weighted by Crippen LogP contribution is -2.32. The normalized spacial score (nSPS) is 16.7. The second-order valence-corrected chi connectivity index (χ2v) is 4.77. The first-order valence-corrected chi connectivity index (χ1v) is 6.66. The van der Waals surface area contributed by atoms with Gasteiger partial charge in [0.2, 0.25) is 5.91 Å². The van der Waals surface area contributed by atoms with E-state index in [0.717, 1.165) is 38.9 Å². The van der Waals surface area contributed by atoms with Gasteiger partial charge in [-0.2, -0.15) is 0 Å². The van der Waals surface area contributed by atoms with Gasteiger partial charge in [-0.1, -0.05) is 5.21 Å². The minimum Gasteiger partial charge on any atom is -0.356 e. The molecule has 0 saturated carbocycles. The maximum Gasteiger partial charge on any atom is 0.220 e. The van der Waals surface area contributed by atoms with Crippen LogP contribution < -0.4 is 10.6 Å². The van der Waals surface area contributed by atoms with Crippen molar-refractivity contribution in [2.75, 3.05) is 19.6 Å². The van der Waals surface area contributed by atoms with Crippen molar-refractivity contribution >= 4 is 5.91 Å². The van der Waals surface area contributed by atoms with E-state index in [1.807, 2.05) is 6.20 Å². The summed E-state index contributed by atoms with van der Waals surface area (Å²) in [6.07, 6.45) is 7.29. The number of hydrogen-bond donors (Lipinski definition) is 2. The molecule has 1 aromatic heterocycles. The fraction of sp³-hybridized carbons (Fsp3) is 0.750. The van der Waals surface area contributed by atoms with Crippen LogP contribution in [-0.4, -0.2) is 40.5 Å². The number of rotatable bonds is 6. The Bertz CT molecular complexity index is 345. The van der Waals surface area contributed by atoms with Crippen LogP contribution in [0.25, 0.3) is 0 Å². The fourth-order valence-electron chi connectivity index (χ4n) is 2.24. The second-order valence-electron chi connectivity index (χ2n) is 4.77. The number of nitrogens with zero attached hydrogens (tertiary/aromatic N) is 3. The van der Waals surface area contributed by atoms with Crippen molar-refractivity contribution in [3.05, 3.63) is 12.4 Å². The molecule has 0 atom stereocenters. The Hall–Kier alpha value is -1.43. The summed E-state index contributed by atoms with van der Waals surface area (Å²) in [5.74, 6) is 0.738. The predicted octanol–water partition coefficient (Wildman–Crippen LogP) is 0.174. The molecule has 18 heavy (non-hydrogen) atoms. The van der Waals surface area contributed by atoms with Crippen LogP contribution in [0.1, 0.15) is 25.7 Å². The molecule has 2 heterocycles. The van der Waals surface area contributed by atoms with Crippen molar-refractivity contribution in [1.82, 2.24) is 25.6 Å². The highest BCUT2D eigenvalue weighted by atomic mass is 16.1. The van der Waals surface area contributed by atoms with E-state index in [1.54, 1.807) is 10.9 Å². The summed E-state index contributed by atoms with van der Waals surface area (Å²) < 4.78 is 1.78. The van der Waals surface area contributed by atoms with E-state index >= 15 is 0 Å². The smallest absolute Gasteiger partial charge is 0.220 e. The number of aromatic nitrogens is 3. The highest BCUT2D eigenvalue weighted by Crippen LogP contribution is 2.15. The van der Waals surface area contributed by atoms with Gasteiger partial charge in [0.15, 0.2) is 0 Å². The first-order chi connectivity index (χ1) is 8.84. The van der Waals surface area contributed by atoms with Crippen molar-refractivity contribution in [2.45, 2.75) is 32.2 Å². The third kappa shape index (κ3) is 4.44. The van der Waals surface area contributed by atoms with Gasteiger partial charge >= 0.3 is 0 Å². The number of amides is 1. The molecule has 1 aliphatic heterocycles. The average Bonchev–Trinajstić information content (AvgIpc) is 2.89. The van der Waals surface area contributed by atoms with Gasteiger partial charge in [0, 0.05) is 25.7 Å². The van der Waals surface area contributed by atoms with Crippen LogP contribution in [0.15, 0.2) is 12.4 Å². The lowest BCUT2D eigenvalue weighted by molar-refractivity contribution is -0.122. The fourth-order valence-corrected chi connectivity index (χ4v) is 2.24. The lowest BCUT2D eigenvalue weighted by atomic mass is 9.94. The SMILES string of the molecule is O=C(CC1CCNCC1)NCCCn1ccnn1. The topological polar surface area (TPSA) is 71.8 Å². The Balaban J connectivity index is 1.54. The third-order valence-electron chi connectivity index (χ3n) is 3.29. The zero-order chi connectivity index (χ0) is 12.6. The molecule has 2 N–H and O–H groups in total. The Morgan fingerprint density at radius 2 is 2.28 bits per heavy atom. The van der Waals surface area contributed by atoms with Crippen LogP contribution in [0.3, 0.4) is 0 Å². The van der Waals surface area contributed by atoms with Crippen molar-refractivity contribution in [1.29, 1.82) is 0 Å². The van der Waals surface area contributed by atoms with E-state index < -0.39 is 0 Å². The molecular weight excluding hydrogens is 230 g/mol. The van der Waals surface area contributed by atoms with Crippen LogP contribution in [0.2, 0.25) is 0 Å². The molecule has 6 heteroatoms. The Labute approximate surface area is 107 Å². The number of aryl methyl sites for hydroxylation is 1. The zero-order valence-electron chi connectivity index (χ0n) is 10.6. The van der Waals surface area contributed by atoms with Crippen LogP contribution in [0.5, 0.6) is 0 Å². The van der Waals surface area contributed by atoms with Gasteiger partial charge in [0.25, 0.3) is 0 Å². The lowest BCUT2D eigenvalue weighted by Gasteiger charge is -2.21. The van der Waals surface area contributed by atoms with Gasteiger partial charge in [0.1, 0.15) is 0 Å². The van der Waals surface area contributed by atoms with Crippen molar-refractivity contribution in [2.24, 2.45) is 5.92 Å². The van der Waals surface area contributed by atoms with Crippen LogP contribution in [0.4, 0.5) is 0 Å². The molecule has 0 aliphatic carbocycles. The quantitative estimate of drug-likeness (QED) is 0.707. The summed E-state index contributed by atoms with van der Waals surface area (Å²) in [4.78, 5) is 11.7. The molecule has 2 rings (SSSR count). The van der Waals surface area contributed by atoms with Gasteiger partial charge in [-0.25, -0.2) is 0 Å². The predicted molar refractivity (Wildman–Crippen MR) is 67.9 cm³/mol. The van der Waals surface area contributed by atoms with Crippen LogP contribution >= 0.6 is 0 Å². The number of carbonyl (C=O) groups excluding carboxylic acids is 1. The summed E-state index contributed by atoms with van der Waals surface area (Å²) in [5.41, 5.74) is 0. The molecule has 0 aromatic carbocycles. The van der Waals surface area contributed by atoms with Gasteiger partial charge in [-0.15, -0.1) is 5.10 Å². The van der Waals surface area contributed by atoms with E-state index in [2.05, 4.69) is 20.9 Å². The summed E-state index contributed by atoms with van der Waals surface area (Å²) in [6.45, 7) is 3.60. The van der Waals surface area contributed by atoms with Crippen molar-refractivity contribution < 1.29 is 4.79 Å². The maximum absolute atomic E-state index is 11.7. The first-order valence-electron chi connectivity index (χ1n) is 6.66. The Kier molecular flexibility index (Phi) is 5.14. The molecular formula is C12H21N5O. The standard InChI is InChI=1S/C12H21N5O/c18-12(10-11-2-5-13-6-3-11)14-4-1-8-17-9-7-15-16-17/h7,9,11,13H,1-6,8,10H2,(H,14,18). The third-order valence-corrected chi connectivity index (χ3v) is 3.29. The largest absolute Gasteiger partial charge is 0.356 e. The number of carbonyl (C=O) groups is 1. The van der Waals surface area contributed by atoms with E-state index in [1.165, 1.54) is 0 Å². The van der Waals surface area contributed by atoms with E-state index in [4.69, 9.17) is 0 Å². The van der Waals surface area contributed by atoms with Gasteiger partial charge in [-0.05, 0) is 38.3 Å². The van der Waals surface area contributed by atoms with Gasteiger partial charge in [0.05, 0.1) is 6.20 Å². The molecule has 0 unspecified atom stereocenters. The monoisotopic (exact) mass is 251 g/mol. The summed E-state index contributed by atoms with van der Waals surface area (Å²) in [7, 11) is 0. The maximum atomic E-state index is 11.7. The molecule has 6 nitrogen and oxygen atoms in total. The molecule has 1 amide bonds. The average molecular weight is 251 g/mol. The Morgan fingerprint density at radius 3 is 3.00 bits per heavy atom. The van der Waals surface area contributed by atoms with E-state index in [9.17, 15) is 4.79 Å². The molecule has 0 bridgehead atoms. The number of nitrogens with one attached hydrogen (secondary N) is 2. The Morgan fingerprint density at radius 1 is 1.44 bits per heavy atom. The molecule has 0 radical (unpaired) electrons. The summed E-state index contributed by atoms with van der Waals surface area (Å²) >= 11 is 0. The van der Waals surface area contributed by atoms with Crippen molar-refractivity contribution in [3.8, 4) is 0 Å². The molecule has 1 aliphatic rings. The van der Waals surface area contributed by atoms with Gasteiger partial charge < -0.3 is 10.6 Å². The highest BCUT2D eigenvalue weighted by Gasteiger charge is 2.16. The number of hydrogen-bond acceptors (Lipinski definition) is 4. The minimum atomic E-state index is 0.181. The van der Waals surface area contributed by atoms with Crippen molar-refractivity contribution in [3.63, 3.8) is 0 Å². The molecule has 0 spiro atoms. The van der Waals surface area contributed by atoms with Gasteiger partial charge in [-0.3, -0.25) is 9.48 Å². The molecule has 1 aromatic rings. The molecule has 1 saturated heterocycles. The zero-order valence-corrected chi connectivity index (χ0v) is 10.6. The highest BCUT2D eigenvalue weighted by molar-refractivity contribution is 5.76. The van der Waals surface area contributed by atoms with E-state index in [-0.39, 0.29) is 5.91 Å². The molecule has 1 fully saturated rings. The first kappa shape index (κ1) is 13.0. The minimum absolute atomic E-state index is 0.181. The van der Waals surface area contributed by atoms with E-state index in [0.29, 0.717) is 18.9 Å². The van der Waals surface area contributed by atoms with Crippen LogP contribution in [-0.2, 0) is 11.3 Å².